The lowest BCUT2D eigenvalue weighted by Crippen LogP contribution is -2.33. The number of halogens is 3. The molecule has 1 aromatic rings. The van der Waals surface area contributed by atoms with Crippen LogP contribution >= 0.6 is 0 Å². The maximum atomic E-state index is 12.7. The number of aromatic carboxylic acids is 1. The molecule has 6 nitrogen and oxygen atoms in total. The van der Waals surface area contributed by atoms with Gasteiger partial charge in [-0.05, 0) is 6.42 Å². The van der Waals surface area contributed by atoms with E-state index in [0.29, 0.717) is 0 Å². The second-order valence-electron chi connectivity index (χ2n) is 4.60. The minimum Gasteiger partial charge on any atom is -0.476 e. The molecule has 0 radical (unpaired) electrons. The molecule has 0 saturated heterocycles. The summed E-state index contributed by atoms with van der Waals surface area (Å²) in [6.45, 7) is 0.676. The fraction of sp³-hybridized carbons (Fsp3) is 0.545. The van der Waals surface area contributed by atoms with Crippen molar-refractivity contribution in [3.05, 3.63) is 11.5 Å². The van der Waals surface area contributed by atoms with Crippen molar-refractivity contribution in [2.24, 2.45) is 5.92 Å². The zero-order valence-corrected chi connectivity index (χ0v) is 10.5. The highest BCUT2D eigenvalue weighted by atomic mass is 19.4. The lowest BCUT2D eigenvalue weighted by molar-refractivity contribution is -0.182. The van der Waals surface area contributed by atoms with Gasteiger partial charge in [-0.3, -0.25) is 4.79 Å². The molecule has 2 N–H and O–H groups in total. The van der Waals surface area contributed by atoms with Crippen molar-refractivity contribution in [3.8, 4) is 0 Å². The smallest absolute Gasteiger partial charge is 0.393 e. The second kappa shape index (κ2) is 4.80. The molecule has 0 saturated carbocycles. The standard InChI is InChI=1S/C11H12F3N3O3/c1-5(18)15-9-8(10(19)20)17-4-6(11(12,13)14)2-3-7(17)16-9/h6H,2-4H2,1H3,(H,15,18)(H,19,20). The fourth-order valence-corrected chi connectivity index (χ4v) is 2.24. The normalized spacial score (nSPS) is 18.5. The van der Waals surface area contributed by atoms with E-state index in [4.69, 9.17) is 5.11 Å². The largest absolute Gasteiger partial charge is 0.476 e. The first kappa shape index (κ1) is 14.4. The predicted molar refractivity (Wildman–Crippen MR) is 61.4 cm³/mol. The summed E-state index contributed by atoms with van der Waals surface area (Å²) in [7, 11) is 0. The SMILES string of the molecule is CC(=O)Nc1nc2n(c1C(=O)O)CC(C(F)(F)F)CC2. The van der Waals surface area contributed by atoms with Crippen molar-refractivity contribution < 1.29 is 27.9 Å². The monoisotopic (exact) mass is 291 g/mol. The van der Waals surface area contributed by atoms with E-state index in [9.17, 15) is 22.8 Å². The Morgan fingerprint density at radius 2 is 2.10 bits per heavy atom. The Bertz CT molecular complexity index is 565. The molecule has 2 rings (SSSR count). The Balaban J connectivity index is 2.42. The van der Waals surface area contributed by atoms with Gasteiger partial charge >= 0.3 is 12.1 Å². The molecular formula is C11H12F3N3O3. The molecular weight excluding hydrogens is 279 g/mol. The molecule has 1 aliphatic rings. The van der Waals surface area contributed by atoms with E-state index in [0.717, 1.165) is 4.57 Å². The van der Waals surface area contributed by atoms with Gasteiger partial charge in [-0.25, -0.2) is 9.78 Å². The second-order valence-corrected chi connectivity index (χ2v) is 4.60. The third kappa shape index (κ3) is 2.61. The number of amides is 1. The van der Waals surface area contributed by atoms with E-state index in [1.807, 2.05) is 0 Å². The van der Waals surface area contributed by atoms with Crippen LogP contribution < -0.4 is 5.32 Å². The molecule has 0 aliphatic carbocycles. The number of aromatic nitrogens is 2. The number of nitrogens with zero attached hydrogens (tertiary/aromatic N) is 2. The number of rotatable bonds is 2. The summed E-state index contributed by atoms with van der Waals surface area (Å²) in [6.07, 6.45) is -4.50. The third-order valence-corrected chi connectivity index (χ3v) is 3.13. The molecule has 110 valence electrons. The van der Waals surface area contributed by atoms with Gasteiger partial charge in [0.1, 0.15) is 5.82 Å². The average molecular weight is 291 g/mol. The quantitative estimate of drug-likeness (QED) is 0.868. The fourth-order valence-electron chi connectivity index (χ4n) is 2.24. The first-order chi connectivity index (χ1) is 9.20. The lowest BCUT2D eigenvalue weighted by Gasteiger charge is -2.26. The minimum absolute atomic E-state index is 0.0179. The Hall–Kier alpha value is -2.06. The van der Waals surface area contributed by atoms with Crippen LogP contribution in [0.2, 0.25) is 0 Å². The highest BCUT2D eigenvalue weighted by Crippen LogP contribution is 2.36. The van der Waals surface area contributed by atoms with Gasteiger partial charge in [0, 0.05) is 19.9 Å². The molecule has 0 bridgehead atoms. The molecule has 1 aliphatic heterocycles. The van der Waals surface area contributed by atoms with Gasteiger partial charge in [0.2, 0.25) is 5.91 Å². The van der Waals surface area contributed by atoms with Gasteiger partial charge in [-0.15, -0.1) is 0 Å². The summed E-state index contributed by atoms with van der Waals surface area (Å²) in [5, 5.41) is 11.4. The van der Waals surface area contributed by atoms with Gasteiger partial charge < -0.3 is 15.0 Å². The zero-order valence-electron chi connectivity index (χ0n) is 10.5. The molecule has 9 heteroatoms. The maximum Gasteiger partial charge on any atom is 0.393 e. The van der Waals surface area contributed by atoms with E-state index in [2.05, 4.69) is 10.3 Å². The summed E-state index contributed by atoms with van der Waals surface area (Å²) in [5.41, 5.74) is -0.413. The number of carbonyl (C=O) groups excluding carboxylic acids is 1. The molecule has 1 atom stereocenters. The number of nitrogens with one attached hydrogen (secondary N) is 1. The van der Waals surface area contributed by atoms with Crippen LogP contribution in [0.25, 0.3) is 0 Å². The number of carboxylic acids is 1. The van der Waals surface area contributed by atoms with E-state index < -0.39 is 36.2 Å². The Morgan fingerprint density at radius 3 is 2.60 bits per heavy atom. The predicted octanol–water partition coefficient (Wildman–Crippen LogP) is 1.66. The molecule has 20 heavy (non-hydrogen) atoms. The van der Waals surface area contributed by atoms with Crippen molar-refractivity contribution in [2.75, 3.05) is 5.32 Å². The van der Waals surface area contributed by atoms with Crippen molar-refractivity contribution in [1.82, 2.24) is 9.55 Å². The number of hydrogen-bond acceptors (Lipinski definition) is 3. The number of hydrogen-bond donors (Lipinski definition) is 2. The number of alkyl halides is 3. The summed E-state index contributed by atoms with van der Waals surface area (Å²) < 4.78 is 39.2. The molecule has 0 fully saturated rings. The van der Waals surface area contributed by atoms with Crippen LogP contribution in [-0.4, -0.2) is 32.7 Å². The molecule has 0 spiro atoms. The van der Waals surface area contributed by atoms with Crippen molar-refractivity contribution >= 4 is 17.7 Å². The Morgan fingerprint density at radius 1 is 1.45 bits per heavy atom. The van der Waals surface area contributed by atoms with Gasteiger partial charge in [-0.1, -0.05) is 0 Å². The Labute approximate surface area is 111 Å². The summed E-state index contributed by atoms with van der Waals surface area (Å²) in [4.78, 5) is 26.1. The van der Waals surface area contributed by atoms with E-state index in [-0.39, 0.29) is 24.5 Å². The van der Waals surface area contributed by atoms with Crippen molar-refractivity contribution in [2.45, 2.75) is 32.5 Å². The summed E-state index contributed by atoms with van der Waals surface area (Å²) in [5.74, 6) is -3.52. The summed E-state index contributed by atoms with van der Waals surface area (Å²) in [6, 6.07) is 0. The highest BCUT2D eigenvalue weighted by molar-refractivity contribution is 5.97. The molecule has 1 unspecified atom stereocenters. The van der Waals surface area contributed by atoms with Gasteiger partial charge in [0.15, 0.2) is 11.5 Å². The first-order valence-corrected chi connectivity index (χ1v) is 5.87. The number of fused-ring (bicyclic) bond motifs is 1. The van der Waals surface area contributed by atoms with Crippen LogP contribution in [0, 0.1) is 5.92 Å². The van der Waals surface area contributed by atoms with E-state index in [1.54, 1.807) is 0 Å². The maximum absolute atomic E-state index is 12.7. The van der Waals surface area contributed by atoms with Gasteiger partial charge in [-0.2, -0.15) is 13.2 Å². The topological polar surface area (TPSA) is 84.2 Å². The number of imidazole rings is 1. The van der Waals surface area contributed by atoms with Crippen LogP contribution in [0.5, 0.6) is 0 Å². The van der Waals surface area contributed by atoms with Crippen molar-refractivity contribution in [1.29, 1.82) is 0 Å². The van der Waals surface area contributed by atoms with Crippen LogP contribution in [-0.2, 0) is 17.8 Å². The minimum atomic E-state index is -4.38. The molecule has 1 aromatic heterocycles. The third-order valence-electron chi connectivity index (χ3n) is 3.13. The first-order valence-electron chi connectivity index (χ1n) is 5.87. The number of carbonyl (C=O) groups is 2. The molecule has 0 aromatic carbocycles. The van der Waals surface area contributed by atoms with Gasteiger partial charge in [0.25, 0.3) is 0 Å². The zero-order chi connectivity index (χ0) is 15.1. The van der Waals surface area contributed by atoms with E-state index >= 15 is 0 Å². The lowest BCUT2D eigenvalue weighted by atomic mass is 9.99. The number of aryl methyl sites for hydroxylation is 1. The van der Waals surface area contributed by atoms with Crippen molar-refractivity contribution in [3.63, 3.8) is 0 Å². The molecule has 2 heterocycles. The number of anilines is 1. The highest BCUT2D eigenvalue weighted by Gasteiger charge is 2.43. The number of carboxylic acid groups (broad SMARTS) is 1. The van der Waals surface area contributed by atoms with Crippen LogP contribution in [0.3, 0.4) is 0 Å². The average Bonchev–Trinajstić information content (AvgIpc) is 2.63. The van der Waals surface area contributed by atoms with E-state index in [1.165, 1.54) is 6.92 Å². The van der Waals surface area contributed by atoms with Crippen LogP contribution in [0.15, 0.2) is 0 Å². The van der Waals surface area contributed by atoms with Crippen LogP contribution in [0.1, 0.15) is 29.7 Å². The summed E-state index contributed by atoms with van der Waals surface area (Å²) >= 11 is 0. The van der Waals surface area contributed by atoms with Crippen LogP contribution in [0.4, 0.5) is 19.0 Å². The van der Waals surface area contributed by atoms with Gasteiger partial charge in [0.05, 0.1) is 5.92 Å². The molecule has 1 amide bonds. The Kier molecular flexibility index (Phi) is 3.45.